The molecule has 0 amide bonds. The summed E-state index contributed by atoms with van der Waals surface area (Å²) in [5.74, 6) is -1.09. The molecule has 5 nitrogen and oxygen atoms in total. The number of thiophene rings is 1. The Morgan fingerprint density at radius 2 is 2.28 bits per heavy atom. The van der Waals surface area contributed by atoms with Gasteiger partial charge in [0.2, 0.25) is 5.78 Å². The molecule has 0 saturated heterocycles. The van der Waals surface area contributed by atoms with E-state index in [0.717, 1.165) is 5.56 Å². The molecule has 0 atom stereocenters. The van der Waals surface area contributed by atoms with Gasteiger partial charge < -0.3 is 10.5 Å². The molecular formula is C12H12N2O3S. The highest BCUT2D eigenvalue weighted by Gasteiger charge is 2.14. The van der Waals surface area contributed by atoms with Crippen molar-refractivity contribution in [3.8, 4) is 6.07 Å². The molecule has 2 N–H and O–H groups in total. The molecule has 0 bridgehead atoms. The van der Waals surface area contributed by atoms with E-state index in [9.17, 15) is 9.59 Å². The fourth-order valence-corrected chi connectivity index (χ4v) is 1.87. The van der Waals surface area contributed by atoms with Crippen molar-refractivity contribution < 1.29 is 14.3 Å². The fourth-order valence-electron chi connectivity index (χ4n) is 1.20. The lowest BCUT2D eigenvalue weighted by Gasteiger charge is -2.03. The first-order valence-electron chi connectivity index (χ1n) is 5.11. The molecule has 94 valence electrons. The van der Waals surface area contributed by atoms with Crippen LogP contribution in [0.15, 0.2) is 28.1 Å². The lowest BCUT2D eigenvalue weighted by atomic mass is 10.1. The minimum absolute atomic E-state index is 0.115. The summed E-state index contributed by atoms with van der Waals surface area (Å²) in [5.41, 5.74) is 6.15. The summed E-state index contributed by atoms with van der Waals surface area (Å²) >= 11 is 1.48. The van der Waals surface area contributed by atoms with Gasteiger partial charge in [-0.2, -0.15) is 16.6 Å². The number of ether oxygens (including phenoxy) is 1. The summed E-state index contributed by atoms with van der Waals surface area (Å²) < 4.78 is 4.79. The Balaban J connectivity index is 2.47. The molecule has 1 aromatic rings. The van der Waals surface area contributed by atoms with E-state index in [0.29, 0.717) is 0 Å². The van der Waals surface area contributed by atoms with Gasteiger partial charge in [0, 0.05) is 5.70 Å². The van der Waals surface area contributed by atoms with Crippen molar-refractivity contribution in [2.45, 2.75) is 13.3 Å². The Morgan fingerprint density at radius 3 is 2.78 bits per heavy atom. The van der Waals surface area contributed by atoms with E-state index in [1.165, 1.54) is 18.3 Å². The van der Waals surface area contributed by atoms with E-state index in [1.54, 1.807) is 12.1 Å². The van der Waals surface area contributed by atoms with Gasteiger partial charge in [-0.15, -0.1) is 0 Å². The van der Waals surface area contributed by atoms with Gasteiger partial charge in [0.05, 0.1) is 6.42 Å². The summed E-state index contributed by atoms with van der Waals surface area (Å²) in [6.45, 7) is 0.990. The molecule has 0 radical (unpaired) electrons. The summed E-state index contributed by atoms with van der Waals surface area (Å²) in [6.07, 6.45) is 0.115. The van der Waals surface area contributed by atoms with Gasteiger partial charge in [0.15, 0.2) is 6.61 Å². The van der Waals surface area contributed by atoms with Gasteiger partial charge in [-0.1, -0.05) is 0 Å². The third-order valence-electron chi connectivity index (χ3n) is 2.08. The van der Waals surface area contributed by atoms with Gasteiger partial charge in [-0.3, -0.25) is 9.59 Å². The minimum atomic E-state index is -0.587. The predicted octanol–water partition coefficient (Wildman–Crippen LogP) is 1.16. The van der Waals surface area contributed by atoms with Crippen LogP contribution in [0.3, 0.4) is 0 Å². The van der Waals surface area contributed by atoms with Gasteiger partial charge in [0.1, 0.15) is 11.6 Å². The highest BCUT2D eigenvalue weighted by molar-refractivity contribution is 7.07. The van der Waals surface area contributed by atoms with E-state index in [4.69, 9.17) is 15.7 Å². The monoisotopic (exact) mass is 264 g/mol. The summed E-state index contributed by atoms with van der Waals surface area (Å²) in [5, 5.41) is 12.4. The number of hydrogen-bond acceptors (Lipinski definition) is 6. The minimum Gasteiger partial charge on any atom is -0.457 e. The van der Waals surface area contributed by atoms with Crippen LogP contribution in [0, 0.1) is 11.3 Å². The largest absolute Gasteiger partial charge is 0.457 e. The van der Waals surface area contributed by atoms with Crippen LogP contribution in [0.5, 0.6) is 0 Å². The van der Waals surface area contributed by atoms with E-state index in [1.807, 2.05) is 10.8 Å². The molecule has 1 rings (SSSR count). The number of carbonyl (C=O) groups excluding carboxylic acids is 2. The van der Waals surface area contributed by atoms with E-state index in [2.05, 4.69) is 0 Å². The average molecular weight is 264 g/mol. The zero-order valence-corrected chi connectivity index (χ0v) is 10.6. The standard InChI is InChI=1S/C12H12N2O3S/c1-8(14)10(5-13)11(15)6-17-12(16)4-9-2-3-18-7-9/h2-3,7H,4,6,14H2,1H3/b10-8+. The first kappa shape index (κ1) is 13.9. The smallest absolute Gasteiger partial charge is 0.310 e. The van der Waals surface area contributed by atoms with Crippen molar-refractivity contribution >= 4 is 23.1 Å². The number of carbonyl (C=O) groups is 2. The van der Waals surface area contributed by atoms with Gasteiger partial charge >= 0.3 is 5.97 Å². The quantitative estimate of drug-likeness (QED) is 0.489. The van der Waals surface area contributed by atoms with Gasteiger partial charge in [0.25, 0.3) is 0 Å². The molecule has 18 heavy (non-hydrogen) atoms. The summed E-state index contributed by atoms with van der Waals surface area (Å²) in [7, 11) is 0. The number of nitriles is 1. The van der Waals surface area contributed by atoms with Crippen molar-refractivity contribution in [2.24, 2.45) is 5.73 Å². The van der Waals surface area contributed by atoms with E-state index >= 15 is 0 Å². The first-order valence-corrected chi connectivity index (χ1v) is 6.05. The van der Waals surface area contributed by atoms with Crippen LogP contribution in [-0.2, 0) is 20.7 Å². The molecule has 0 aliphatic rings. The maximum absolute atomic E-state index is 11.5. The topological polar surface area (TPSA) is 93.2 Å². The van der Waals surface area contributed by atoms with Crippen LogP contribution in [0.2, 0.25) is 0 Å². The summed E-state index contributed by atoms with van der Waals surface area (Å²) in [6, 6.07) is 3.49. The predicted molar refractivity (Wildman–Crippen MR) is 66.5 cm³/mol. The molecule has 0 aliphatic heterocycles. The highest BCUT2D eigenvalue weighted by atomic mass is 32.1. The zero-order chi connectivity index (χ0) is 13.5. The first-order chi connectivity index (χ1) is 8.54. The lowest BCUT2D eigenvalue weighted by Crippen LogP contribution is -2.18. The third kappa shape index (κ3) is 4.03. The number of nitrogens with two attached hydrogens (primary N) is 1. The SMILES string of the molecule is C/C(N)=C(/C#N)C(=O)COC(=O)Cc1ccsc1. The molecule has 1 heterocycles. The van der Waals surface area contributed by atoms with Gasteiger partial charge in [-0.25, -0.2) is 0 Å². The number of rotatable bonds is 5. The number of allylic oxidation sites excluding steroid dienone is 1. The van der Waals surface area contributed by atoms with Crippen molar-refractivity contribution in [1.82, 2.24) is 0 Å². The Kier molecular flexibility index (Phi) is 5.08. The van der Waals surface area contributed by atoms with Crippen LogP contribution in [0.4, 0.5) is 0 Å². The Hall–Kier alpha value is -2.13. The van der Waals surface area contributed by atoms with E-state index in [-0.39, 0.29) is 17.7 Å². The van der Waals surface area contributed by atoms with Crippen LogP contribution in [-0.4, -0.2) is 18.4 Å². The number of Topliss-reactive ketones (excluding diaryl/α,β-unsaturated/α-hetero) is 1. The normalized spacial score (nSPS) is 11.3. The lowest BCUT2D eigenvalue weighted by molar-refractivity contribution is -0.146. The maximum Gasteiger partial charge on any atom is 0.310 e. The second-order valence-electron chi connectivity index (χ2n) is 3.56. The molecule has 6 heteroatoms. The maximum atomic E-state index is 11.5. The number of nitrogens with zero attached hydrogens (tertiary/aromatic N) is 1. The number of hydrogen-bond donors (Lipinski definition) is 1. The van der Waals surface area contributed by atoms with Crippen molar-refractivity contribution in [3.63, 3.8) is 0 Å². The molecule has 0 fully saturated rings. The van der Waals surface area contributed by atoms with Crippen LogP contribution in [0.25, 0.3) is 0 Å². The van der Waals surface area contributed by atoms with Crippen molar-refractivity contribution in [2.75, 3.05) is 6.61 Å². The Morgan fingerprint density at radius 1 is 1.56 bits per heavy atom. The second kappa shape index (κ2) is 6.57. The van der Waals surface area contributed by atoms with E-state index < -0.39 is 18.4 Å². The third-order valence-corrected chi connectivity index (χ3v) is 2.81. The number of esters is 1. The molecular weight excluding hydrogens is 252 g/mol. The zero-order valence-electron chi connectivity index (χ0n) is 9.80. The van der Waals surface area contributed by atoms with Crippen LogP contribution < -0.4 is 5.73 Å². The molecule has 0 aliphatic carbocycles. The second-order valence-corrected chi connectivity index (χ2v) is 4.34. The number of ketones is 1. The van der Waals surface area contributed by atoms with Gasteiger partial charge in [-0.05, 0) is 29.3 Å². The molecule has 0 aromatic carbocycles. The molecule has 1 aromatic heterocycles. The summed E-state index contributed by atoms with van der Waals surface area (Å²) in [4.78, 5) is 22.9. The Bertz CT molecular complexity index is 508. The molecule has 0 saturated carbocycles. The fraction of sp³-hybridized carbons (Fsp3) is 0.250. The highest BCUT2D eigenvalue weighted by Crippen LogP contribution is 2.07. The van der Waals surface area contributed by atoms with Crippen LogP contribution >= 0.6 is 11.3 Å². The van der Waals surface area contributed by atoms with Crippen molar-refractivity contribution in [1.29, 1.82) is 5.26 Å². The average Bonchev–Trinajstić information content (AvgIpc) is 2.79. The molecule has 0 spiro atoms. The molecule has 0 unspecified atom stereocenters. The van der Waals surface area contributed by atoms with Crippen LogP contribution in [0.1, 0.15) is 12.5 Å². The van der Waals surface area contributed by atoms with Crippen molar-refractivity contribution in [3.05, 3.63) is 33.7 Å². The Labute approximate surface area is 108 Å².